The number of rotatable bonds is 4. The molecule has 0 N–H and O–H groups in total. The number of carbonyl (C=O) groups is 3. The fraction of sp³-hybridized carbons (Fsp3) is 0.708. The summed E-state index contributed by atoms with van der Waals surface area (Å²) in [6.45, 7) is 5.82. The summed E-state index contributed by atoms with van der Waals surface area (Å²) in [4.78, 5) is 35.6. The predicted octanol–water partition coefficient (Wildman–Crippen LogP) is 5.52. The average Bonchev–Trinajstić information content (AvgIpc) is 3.02. The summed E-state index contributed by atoms with van der Waals surface area (Å²) in [6.07, 6.45) is 7.77. The quantitative estimate of drug-likeness (QED) is 0.348. The van der Waals surface area contributed by atoms with Gasteiger partial charge in [0, 0.05) is 10.8 Å². The van der Waals surface area contributed by atoms with Crippen molar-refractivity contribution >= 4 is 64.1 Å². The van der Waals surface area contributed by atoms with E-state index >= 15 is 0 Å². The average molecular weight is 538 g/mol. The molecule has 0 aromatic carbocycles. The zero-order valence-electron chi connectivity index (χ0n) is 18.8. The Balaban J connectivity index is 1.80. The van der Waals surface area contributed by atoms with Crippen LogP contribution in [0.5, 0.6) is 0 Å². The van der Waals surface area contributed by atoms with E-state index in [0.717, 1.165) is 12.0 Å². The molecule has 0 aromatic rings. The molecule has 7 atom stereocenters. The predicted molar refractivity (Wildman–Crippen MR) is 128 cm³/mol. The SMILES string of the molecule is CCOC(=O)[C@@]1(OC(=O)C(Cl)Cl)CC[C@H]2[C@@H]3CCC4=CC(=O)C=C[C@]4(C)[C@@]3(Cl)[C@@H](Cl)C[C@@]21C. The Morgan fingerprint density at radius 1 is 1.21 bits per heavy atom. The first-order valence-corrected chi connectivity index (χ1v) is 13.0. The second-order valence-corrected chi connectivity index (χ2v) is 12.3. The van der Waals surface area contributed by atoms with Crippen LogP contribution in [0.3, 0.4) is 0 Å². The minimum atomic E-state index is -1.55. The molecule has 0 bridgehead atoms. The van der Waals surface area contributed by atoms with Crippen LogP contribution in [-0.4, -0.2) is 45.0 Å². The molecule has 9 heteroatoms. The smallest absolute Gasteiger partial charge is 0.351 e. The van der Waals surface area contributed by atoms with Gasteiger partial charge in [0.05, 0.1) is 16.9 Å². The maximum atomic E-state index is 13.3. The zero-order valence-corrected chi connectivity index (χ0v) is 21.9. The third kappa shape index (κ3) is 3.36. The van der Waals surface area contributed by atoms with Gasteiger partial charge in [-0.05, 0) is 63.0 Å². The lowest BCUT2D eigenvalue weighted by Gasteiger charge is -2.63. The van der Waals surface area contributed by atoms with Gasteiger partial charge < -0.3 is 9.47 Å². The summed E-state index contributed by atoms with van der Waals surface area (Å²) in [5.74, 6) is -1.65. The van der Waals surface area contributed by atoms with Crippen LogP contribution < -0.4 is 0 Å². The number of allylic oxidation sites excluding steroid dienone is 4. The highest BCUT2D eigenvalue weighted by Crippen LogP contribution is 2.72. The highest BCUT2D eigenvalue weighted by Gasteiger charge is 2.75. The molecule has 182 valence electrons. The van der Waals surface area contributed by atoms with E-state index in [-0.39, 0.29) is 30.6 Å². The van der Waals surface area contributed by atoms with E-state index < -0.39 is 43.5 Å². The number of hydrogen-bond donors (Lipinski definition) is 0. The van der Waals surface area contributed by atoms with Gasteiger partial charge in [-0.1, -0.05) is 48.7 Å². The largest absolute Gasteiger partial charge is 0.463 e. The minimum Gasteiger partial charge on any atom is -0.463 e. The van der Waals surface area contributed by atoms with Gasteiger partial charge in [-0.15, -0.1) is 23.2 Å². The first kappa shape index (κ1) is 25.3. The van der Waals surface area contributed by atoms with Crippen LogP contribution in [0.25, 0.3) is 0 Å². The fourth-order valence-electron chi connectivity index (χ4n) is 7.14. The van der Waals surface area contributed by atoms with Crippen molar-refractivity contribution in [1.82, 2.24) is 0 Å². The van der Waals surface area contributed by atoms with Crippen molar-refractivity contribution < 1.29 is 23.9 Å². The molecule has 0 spiro atoms. The van der Waals surface area contributed by atoms with E-state index in [4.69, 9.17) is 55.9 Å². The molecule has 0 unspecified atom stereocenters. The molecule has 33 heavy (non-hydrogen) atoms. The topological polar surface area (TPSA) is 69.7 Å². The summed E-state index contributed by atoms with van der Waals surface area (Å²) in [5.41, 5.74) is -1.97. The lowest BCUT2D eigenvalue weighted by molar-refractivity contribution is -0.202. The molecule has 0 aliphatic heterocycles. The number of carbonyl (C=O) groups excluding carboxylic acids is 3. The van der Waals surface area contributed by atoms with Crippen LogP contribution in [0.1, 0.15) is 52.9 Å². The van der Waals surface area contributed by atoms with E-state index in [9.17, 15) is 14.4 Å². The molecular formula is C24H28Cl4O5. The molecule has 0 heterocycles. The van der Waals surface area contributed by atoms with Crippen molar-refractivity contribution in [3.05, 3.63) is 23.8 Å². The highest BCUT2D eigenvalue weighted by molar-refractivity contribution is 6.53. The summed E-state index contributed by atoms with van der Waals surface area (Å²) in [6, 6.07) is 0. The van der Waals surface area contributed by atoms with Gasteiger partial charge in [0.2, 0.25) is 10.4 Å². The van der Waals surface area contributed by atoms with E-state index in [0.29, 0.717) is 19.3 Å². The Hall–Kier alpha value is -0.750. The van der Waals surface area contributed by atoms with E-state index in [2.05, 4.69) is 0 Å². The Labute approximate surface area is 214 Å². The van der Waals surface area contributed by atoms with Gasteiger partial charge in [-0.3, -0.25) is 4.79 Å². The van der Waals surface area contributed by atoms with Crippen molar-refractivity contribution in [3.63, 3.8) is 0 Å². The number of fused-ring (bicyclic) bond motifs is 5. The standard InChI is InChI=1S/C24H28Cl4O5/c1-4-32-20(31)23(33-19(30)18(26)27)10-8-15-16-6-5-13-11-14(29)7-9-21(13,2)24(16,28)17(25)12-22(15,23)3/h7,9,11,15-18H,4-6,8,10,12H2,1-3H3/t15-,16-,17-,21-,22-,23-,24-/m0/s1. The Morgan fingerprint density at radius 2 is 1.91 bits per heavy atom. The number of alkyl halides is 4. The van der Waals surface area contributed by atoms with Crippen molar-refractivity contribution in [2.24, 2.45) is 22.7 Å². The van der Waals surface area contributed by atoms with E-state index in [1.54, 1.807) is 19.1 Å². The third-order valence-corrected chi connectivity index (χ3v) is 10.7. The van der Waals surface area contributed by atoms with Gasteiger partial charge in [0.25, 0.3) is 0 Å². The van der Waals surface area contributed by atoms with Crippen molar-refractivity contribution in [2.45, 2.75) is 73.6 Å². The fourth-order valence-corrected chi connectivity index (χ4v) is 8.46. The van der Waals surface area contributed by atoms with Crippen LogP contribution in [0.4, 0.5) is 0 Å². The van der Waals surface area contributed by atoms with Crippen molar-refractivity contribution in [2.75, 3.05) is 6.61 Å². The van der Waals surface area contributed by atoms with E-state index in [1.807, 2.05) is 19.9 Å². The monoisotopic (exact) mass is 536 g/mol. The Kier molecular flexibility index (Phi) is 6.47. The molecule has 0 amide bonds. The second kappa shape index (κ2) is 8.43. The maximum Gasteiger partial charge on any atom is 0.351 e. The molecule has 0 radical (unpaired) electrons. The summed E-state index contributed by atoms with van der Waals surface area (Å²) < 4.78 is 11.2. The maximum absolute atomic E-state index is 13.3. The van der Waals surface area contributed by atoms with Gasteiger partial charge in [0.1, 0.15) is 0 Å². The first-order chi connectivity index (χ1) is 15.4. The second-order valence-electron chi connectivity index (χ2n) is 10.0. The molecular weight excluding hydrogens is 510 g/mol. The van der Waals surface area contributed by atoms with Gasteiger partial charge in [0.15, 0.2) is 5.78 Å². The number of hydrogen-bond acceptors (Lipinski definition) is 5. The van der Waals surface area contributed by atoms with E-state index in [1.165, 1.54) is 0 Å². The van der Waals surface area contributed by atoms with Crippen LogP contribution in [0.15, 0.2) is 23.8 Å². The Bertz CT molecular complexity index is 947. The number of ketones is 1. The summed E-state index contributed by atoms with van der Waals surface area (Å²) in [7, 11) is 0. The van der Waals surface area contributed by atoms with Crippen LogP contribution >= 0.6 is 46.4 Å². The molecule has 3 saturated carbocycles. The molecule has 0 aromatic heterocycles. The summed E-state index contributed by atoms with van der Waals surface area (Å²) in [5, 5.41) is -0.564. The lowest BCUT2D eigenvalue weighted by Crippen LogP contribution is -2.68. The molecule has 4 aliphatic rings. The molecule has 4 aliphatic carbocycles. The molecule has 0 saturated heterocycles. The van der Waals surface area contributed by atoms with Gasteiger partial charge in [-0.25, -0.2) is 9.59 Å². The lowest BCUT2D eigenvalue weighted by atomic mass is 9.46. The van der Waals surface area contributed by atoms with Crippen LogP contribution in [0, 0.1) is 22.7 Å². The summed E-state index contributed by atoms with van der Waals surface area (Å²) >= 11 is 26.2. The van der Waals surface area contributed by atoms with Gasteiger partial charge >= 0.3 is 11.9 Å². The number of ether oxygens (including phenoxy) is 2. The van der Waals surface area contributed by atoms with Crippen molar-refractivity contribution in [1.29, 1.82) is 0 Å². The molecule has 4 rings (SSSR count). The molecule has 5 nitrogen and oxygen atoms in total. The third-order valence-electron chi connectivity index (χ3n) is 8.78. The zero-order chi connectivity index (χ0) is 24.4. The normalized spacial score (nSPS) is 43.9. The Morgan fingerprint density at radius 3 is 2.55 bits per heavy atom. The highest BCUT2D eigenvalue weighted by atomic mass is 35.5. The van der Waals surface area contributed by atoms with Crippen LogP contribution in [0.2, 0.25) is 0 Å². The minimum absolute atomic E-state index is 0.0428. The number of halogens is 4. The van der Waals surface area contributed by atoms with Gasteiger partial charge in [-0.2, -0.15) is 0 Å². The first-order valence-electron chi connectivity index (χ1n) is 11.3. The molecule has 3 fully saturated rings. The van der Waals surface area contributed by atoms with Crippen molar-refractivity contribution in [3.8, 4) is 0 Å². The number of esters is 2. The van der Waals surface area contributed by atoms with Crippen LogP contribution in [-0.2, 0) is 23.9 Å².